The van der Waals surface area contributed by atoms with Crippen molar-refractivity contribution >= 4 is 107 Å². The standard InChI is InChI=1S/C54H32N2S2/c1-2-13-33(14-3-1)36-18-10-20-45-52(36)41-32-35(28-30-44(41)56(45)47-22-12-26-51-54(47)39-17-6-9-24-49(39)58-51)34-27-29-43-40(31-34)37-15-4-7-19-42(37)55(43)46-21-11-25-50-53(46)38-16-5-8-23-48(38)57-50/h1-32H/i4D,7D,15D,19D,27D,29D,31D. The molecule has 0 fully saturated rings. The molecule has 4 heteroatoms. The van der Waals surface area contributed by atoms with Gasteiger partial charge in [-0.15, -0.1) is 22.7 Å². The molecule has 4 aromatic heterocycles. The van der Waals surface area contributed by atoms with Crippen molar-refractivity contribution in [3.05, 3.63) is 194 Å². The Balaban J connectivity index is 1.15. The van der Waals surface area contributed by atoms with Gasteiger partial charge in [0.1, 0.15) is 0 Å². The minimum Gasteiger partial charge on any atom is -0.309 e. The Labute approximate surface area is 351 Å². The van der Waals surface area contributed by atoms with Crippen molar-refractivity contribution in [2.75, 3.05) is 0 Å². The van der Waals surface area contributed by atoms with Gasteiger partial charge >= 0.3 is 0 Å². The Kier molecular flexibility index (Phi) is 5.50. The molecule has 58 heavy (non-hydrogen) atoms. The van der Waals surface area contributed by atoms with Gasteiger partial charge in [0.25, 0.3) is 0 Å². The van der Waals surface area contributed by atoms with Crippen molar-refractivity contribution in [3.8, 4) is 33.6 Å². The Hall–Kier alpha value is -6.98. The van der Waals surface area contributed by atoms with Crippen LogP contribution in [0.1, 0.15) is 9.60 Å². The van der Waals surface area contributed by atoms with Gasteiger partial charge in [0.05, 0.1) is 43.0 Å². The molecule has 0 aliphatic rings. The monoisotopic (exact) mass is 779 g/mol. The Morgan fingerprint density at radius 1 is 0.362 bits per heavy atom. The van der Waals surface area contributed by atoms with Gasteiger partial charge in [0.15, 0.2) is 0 Å². The van der Waals surface area contributed by atoms with Crippen LogP contribution in [0.25, 0.3) is 118 Å². The van der Waals surface area contributed by atoms with Crippen LogP contribution in [0.5, 0.6) is 0 Å². The third kappa shape index (κ3) is 4.53. The van der Waals surface area contributed by atoms with E-state index in [2.05, 4.69) is 89.5 Å². The molecule has 13 aromatic rings. The zero-order chi connectivity index (χ0) is 44.0. The highest BCUT2D eigenvalue weighted by atomic mass is 32.1. The highest BCUT2D eigenvalue weighted by Crippen LogP contribution is 2.45. The molecule has 0 amide bonds. The summed E-state index contributed by atoms with van der Waals surface area (Å²) in [7, 11) is 0. The zero-order valence-corrected chi connectivity index (χ0v) is 32.3. The van der Waals surface area contributed by atoms with Crippen LogP contribution in [0.15, 0.2) is 194 Å². The molecule has 9 aromatic carbocycles. The lowest BCUT2D eigenvalue weighted by atomic mass is 9.97. The fraction of sp³-hybridized carbons (Fsp3) is 0. The summed E-state index contributed by atoms with van der Waals surface area (Å²) in [4.78, 5) is 0. The molecule has 270 valence electrons. The van der Waals surface area contributed by atoms with Crippen molar-refractivity contribution in [3.63, 3.8) is 0 Å². The molecule has 0 aliphatic carbocycles. The van der Waals surface area contributed by atoms with E-state index in [-0.39, 0.29) is 57.6 Å². The molecule has 0 saturated heterocycles. The maximum absolute atomic E-state index is 10.1. The first-order valence-corrected chi connectivity index (χ1v) is 20.8. The molecule has 0 aliphatic heterocycles. The summed E-state index contributed by atoms with van der Waals surface area (Å²) < 4.78 is 74.5. The van der Waals surface area contributed by atoms with Crippen LogP contribution in [-0.2, 0) is 0 Å². The summed E-state index contributed by atoms with van der Waals surface area (Å²) in [6.07, 6.45) is 0. The van der Waals surface area contributed by atoms with E-state index in [0.29, 0.717) is 11.3 Å². The Morgan fingerprint density at radius 3 is 1.72 bits per heavy atom. The van der Waals surface area contributed by atoms with E-state index in [1.165, 1.54) is 20.2 Å². The number of thiophene rings is 2. The van der Waals surface area contributed by atoms with E-state index in [0.717, 1.165) is 58.8 Å². The SMILES string of the molecule is [2H]c1c([2H])c([2H])c2c(c1[2H])c1c([2H])c(-c3ccc4c(c3)c3c(-c5ccccc5)cccc3n4-c3cccc4sc5ccccc5c34)c([2H])c([2H])c1n2-c1cccc2sc3ccccc3c12. The molecule has 0 radical (unpaired) electrons. The number of hydrogen-bond donors (Lipinski definition) is 0. The number of nitrogens with zero attached hydrogens (tertiary/aromatic N) is 2. The van der Waals surface area contributed by atoms with Crippen LogP contribution >= 0.6 is 22.7 Å². The van der Waals surface area contributed by atoms with Crippen molar-refractivity contribution in [2.24, 2.45) is 0 Å². The van der Waals surface area contributed by atoms with E-state index < -0.39 is 12.1 Å². The lowest BCUT2D eigenvalue weighted by Crippen LogP contribution is -1.95. The van der Waals surface area contributed by atoms with Crippen molar-refractivity contribution in [1.29, 1.82) is 0 Å². The van der Waals surface area contributed by atoms with Crippen molar-refractivity contribution in [2.45, 2.75) is 0 Å². The summed E-state index contributed by atoms with van der Waals surface area (Å²) in [6.45, 7) is 0. The molecule has 2 nitrogen and oxygen atoms in total. The first-order valence-electron chi connectivity index (χ1n) is 22.7. The van der Waals surface area contributed by atoms with Gasteiger partial charge in [0.2, 0.25) is 0 Å². The largest absolute Gasteiger partial charge is 0.309 e. The van der Waals surface area contributed by atoms with Gasteiger partial charge in [-0.25, -0.2) is 0 Å². The third-order valence-electron chi connectivity index (χ3n) is 11.6. The van der Waals surface area contributed by atoms with Crippen molar-refractivity contribution in [1.82, 2.24) is 9.13 Å². The first kappa shape index (κ1) is 26.0. The molecular formula is C54H32N2S2. The molecule has 4 heterocycles. The van der Waals surface area contributed by atoms with E-state index in [4.69, 9.17) is 2.74 Å². The van der Waals surface area contributed by atoms with E-state index in [1.54, 1.807) is 27.2 Å². The van der Waals surface area contributed by atoms with Gasteiger partial charge < -0.3 is 9.13 Å². The summed E-state index contributed by atoms with van der Waals surface area (Å²) in [5.41, 5.74) is 6.87. The summed E-state index contributed by atoms with van der Waals surface area (Å²) >= 11 is 3.40. The topological polar surface area (TPSA) is 9.86 Å². The second-order valence-corrected chi connectivity index (χ2v) is 16.8. The second kappa shape index (κ2) is 12.3. The van der Waals surface area contributed by atoms with Crippen LogP contribution < -0.4 is 0 Å². The average Bonchev–Trinajstić information content (AvgIpc) is 4.10. The fourth-order valence-electron chi connectivity index (χ4n) is 9.13. The number of benzene rings is 9. The normalized spacial score (nSPS) is 13.8. The number of rotatable bonds is 4. The van der Waals surface area contributed by atoms with E-state index in [1.807, 2.05) is 66.7 Å². The quantitative estimate of drug-likeness (QED) is 0.168. The molecule has 0 saturated carbocycles. The highest BCUT2D eigenvalue weighted by Gasteiger charge is 2.21. The third-order valence-corrected chi connectivity index (χ3v) is 13.8. The van der Waals surface area contributed by atoms with Crippen molar-refractivity contribution < 1.29 is 9.60 Å². The Bertz CT molecular complexity index is 4220. The van der Waals surface area contributed by atoms with Gasteiger partial charge in [-0.05, 0) is 95.0 Å². The maximum Gasteiger partial charge on any atom is 0.0645 e. The minimum absolute atomic E-state index is 0.0713. The van der Waals surface area contributed by atoms with Gasteiger partial charge in [-0.2, -0.15) is 0 Å². The van der Waals surface area contributed by atoms with E-state index >= 15 is 0 Å². The zero-order valence-electron chi connectivity index (χ0n) is 37.6. The number of aromatic nitrogens is 2. The fourth-order valence-corrected chi connectivity index (χ4v) is 11.4. The summed E-state index contributed by atoms with van der Waals surface area (Å²) in [6, 6.07) is 49.7. The van der Waals surface area contributed by atoms with Crippen LogP contribution in [0.2, 0.25) is 0 Å². The molecule has 13 rings (SSSR count). The summed E-state index contributed by atoms with van der Waals surface area (Å²) in [5, 5.41) is 6.50. The first-order chi connectivity index (χ1) is 31.7. The number of fused-ring (bicyclic) bond motifs is 12. The van der Waals surface area contributed by atoms with Crippen LogP contribution in [0.3, 0.4) is 0 Å². The smallest absolute Gasteiger partial charge is 0.0645 e. The molecule has 0 unspecified atom stereocenters. The predicted molar refractivity (Wildman–Crippen MR) is 252 cm³/mol. The molecule has 0 N–H and O–H groups in total. The molecular weight excluding hydrogens is 741 g/mol. The van der Waals surface area contributed by atoms with Gasteiger partial charge in [-0.1, -0.05) is 121 Å². The predicted octanol–water partition coefficient (Wildman–Crippen LogP) is 16.0. The van der Waals surface area contributed by atoms with Gasteiger partial charge in [-0.3, -0.25) is 0 Å². The molecule has 0 spiro atoms. The minimum atomic E-state index is -0.417. The lowest BCUT2D eigenvalue weighted by molar-refractivity contribution is 1.20. The average molecular weight is 780 g/mol. The number of para-hydroxylation sites is 1. The molecule has 0 atom stereocenters. The highest BCUT2D eigenvalue weighted by molar-refractivity contribution is 7.26. The van der Waals surface area contributed by atoms with Crippen LogP contribution in [0.4, 0.5) is 0 Å². The Morgan fingerprint density at radius 2 is 0.983 bits per heavy atom. The van der Waals surface area contributed by atoms with Crippen LogP contribution in [0, 0.1) is 0 Å². The second-order valence-electron chi connectivity index (χ2n) is 14.7. The lowest BCUT2D eigenvalue weighted by Gasteiger charge is -2.11. The van der Waals surface area contributed by atoms with Crippen LogP contribution in [-0.4, -0.2) is 9.13 Å². The van der Waals surface area contributed by atoms with Gasteiger partial charge in [0, 0.05) is 61.9 Å². The number of hydrogen-bond acceptors (Lipinski definition) is 2. The maximum atomic E-state index is 10.1. The van der Waals surface area contributed by atoms with E-state index in [9.17, 15) is 6.85 Å². The summed E-state index contributed by atoms with van der Waals surface area (Å²) in [5.74, 6) is 0. The molecule has 0 bridgehead atoms.